The number of hydrogen-bond acceptors (Lipinski definition) is 4. The van der Waals surface area contributed by atoms with Gasteiger partial charge in [-0.1, -0.05) is 19.3 Å². The van der Waals surface area contributed by atoms with E-state index < -0.39 is 0 Å². The number of nitrogens with one attached hydrogen (secondary N) is 2. The molecule has 8 heteroatoms. The Morgan fingerprint density at radius 2 is 1.94 bits per heavy atom. The van der Waals surface area contributed by atoms with E-state index in [0.29, 0.717) is 5.91 Å². The number of carbonyl (C=O) groups is 1. The maximum Gasteiger partial charge on any atom is 0.225 e. The maximum absolute atomic E-state index is 12.7. The molecule has 4 rings (SSSR count). The molecule has 2 unspecified atom stereocenters. The molecule has 0 radical (unpaired) electrons. The van der Waals surface area contributed by atoms with Crippen LogP contribution in [0.5, 0.6) is 0 Å². The van der Waals surface area contributed by atoms with Crippen LogP contribution >= 0.6 is 24.0 Å². The molecule has 174 valence electrons. The molecule has 3 aliphatic rings. The van der Waals surface area contributed by atoms with Crippen LogP contribution in [-0.4, -0.2) is 67.5 Å². The molecular weight excluding hydrogens is 505 g/mol. The van der Waals surface area contributed by atoms with E-state index in [1.807, 2.05) is 13.1 Å². The van der Waals surface area contributed by atoms with E-state index in [-0.39, 0.29) is 42.0 Å². The Labute approximate surface area is 203 Å². The SMILES string of the molecule is CN=C(NCC(c1ccco1)N1CCCCC1)NC1CCN(C(=O)C2CCCC2)C1.I. The second kappa shape index (κ2) is 12.1. The van der Waals surface area contributed by atoms with Crippen molar-refractivity contribution in [1.82, 2.24) is 20.4 Å². The summed E-state index contributed by atoms with van der Waals surface area (Å²) in [6.07, 6.45) is 11.1. The maximum atomic E-state index is 12.7. The molecule has 2 aliphatic heterocycles. The smallest absolute Gasteiger partial charge is 0.225 e. The summed E-state index contributed by atoms with van der Waals surface area (Å²) in [7, 11) is 1.81. The number of nitrogens with zero attached hydrogens (tertiary/aromatic N) is 3. The number of piperidine rings is 1. The van der Waals surface area contributed by atoms with Gasteiger partial charge in [0, 0.05) is 38.6 Å². The van der Waals surface area contributed by atoms with E-state index in [4.69, 9.17) is 4.42 Å². The number of halogens is 1. The minimum atomic E-state index is 0. The molecule has 31 heavy (non-hydrogen) atoms. The molecule has 7 nitrogen and oxygen atoms in total. The first-order valence-electron chi connectivity index (χ1n) is 11.8. The van der Waals surface area contributed by atoms with Crippen molar-refractivity contribution in [1.29, 1.82) is 0 Å². The van der Waals surface area contributed by atoms with Crippen molar-refractivity contribution in [2.45, 2.75) is 63.5 Å². The zero-order valence-corrected chi connectivity index (χ0v) is 21.1. The molecule has 1 aliphatic carbocycles. The standard InChI is InChI=1S/C23H37N5O2.HI/c1-24-23(26-19-11-14-28(17-19)22(29)18-8-3-4-9-18)25-16-20(21-10-7-15-30-21)27-12-5-2-6-13-27;/h7,10,15,18-20H,2-6,8-9,11-14,16-17H2,1H3,(H2,24,25,26);1H. The predicted octanol–water partition coefficient (Wildman–Crippen LogP) is 3.38. The van der Waals surface area contributed by atoms with Crippen molar-refractivity contribution in [2.75, 3.05) is 39.8 Å². The number of amides is 1. The van der Waals surface area contributed by atoms with E-state index in [9.17, 15) is 4.79 Å². The fourth-order valence-corrected chi connectivity index (χ4v) is 5.21. The number of carbonyl (C=O) groups excluding carboxylic acids is 1. The van der Waals surface area contributed by atoms with Crippen LogP contribution in [0.4, 0.5) is 0 Å². The zero-order valence-electron chi connectivity index (χ0n) is 18.7. The molecule has 1 saturated carbocycles. The highest BCUT2D eigenvalue weighted by Gasteiger charge is 2.32. The number of rotatable bonds is 6. The summed E-state index contributed by atoms with van der Waals surface area (Å²) in [5.74, 6) is 2.44. The summed E-state index contributed by atoms with van der Waals surface area (Å²) in [6.45, 7) is 4.61. The Morgan fingerprint density at radius 1 is 1.16 bits per heavy atom. The number of likely N-dealkylation sites (tertiary alicyclic amines) is 2. The van der Waals surface area contributed by atoms with Gasteiger partial charge in [-0.05, 0) is 57.3 Å². The lowest BCUT2D eigenvalue weighted by Crippen LogP contribution is -2.48. The first-order chi connectivity index (χ1) is 14.7. The van der Waals surface area contributed by atoms with Gasteiger partial charge in [-0.15, -0.1) is 24.0 Å². The molecular formula is C23H38IN5O2. The molecule has 1 aromatic rings. The molecule has 0 spiro atoms. The number of aliphatic imine (C=N–C) groups is 1. The van der Waals surface area contributed by atoms with Gasteiger partial charge in [0.1, 0.15) is 5.76 Å². The van der Waals surface area contributed by atoms with Gasteiger partial charge in [0.25, 0.3) is 0 Å². The van der Waals surface area contributed by atoms with Gasteiger partial charge < -0.3 is 20.0 Å². The Hall–Kier alpha value is -1.29. The molecule has 2 saturated heterocycles. The van der Waals surface area contributed by atoms with Crippen molar-refractivity contribution < 1.29 is 9.21 Å². The second-order valence-electron chi connectivity index (χ2n) is 8.98. The summed E-state index contributed by atoms with van der Waals surface area (Å²) in [6, 6.07) is 4.51. The molecule has 1 amide bonds. The lowest BCUT2D eigenvalue weighted by molar-refractivity contribution is -0.134. The van der Waals surface area contributed by atoms with Gasteiger partial charge >= 0.3 is 0 Å². The van der Waals surface area contributed by atoms with Gasteiger partial charge in [0.05, 0.1) is 12.3 Å². The largest absolute Gasteiger partial charge is 0.468 e. The van der Waals surface area contributed by atoms with Crippen molar-refractivity contribution in [3.05, 3.63) is 24.2 Å². The van der Waals surface area contributed by atoms with Crippen LogP contribution in [0.3, 0.4) is 0 Å². The lowest BCUT2D eigenvalue weighted by Gasteiger charge is -2.34. The van der Waals surface area contributed by atoms with Crippen molar-refractivity contribution >= 4 is 35.8 Å². The van der Waals surface area contributed by atoms with Gasteiger partial charge in [-0.25, -0.2) is 0 Å². The van der Waals surface area contributed by atoms with E-state index >= 15 is 0 Å². The van der Waals surface area contributed by atoms with Gasteiger partial charge in [0.2, 0.25) is 5.91 Å². The monoisotopic (exact) mass is 543 g/mol. The third-order valence-electron chi connectivity index (χ3n) is 6.93. The summed E-state index contributed by atoms with van der Waals surface area (Å²) in [5, 5.41) is 7.06. The van der Waals surface area contributed by atoms with E-state index in [1.165, 1.54) is 32.1 Å². The summed E-state index contributed by atoms with van der Waals surface area (Å²) in [5.41, 5.74) is 0. The molecule has 0 aromatic carbocycles. The normalized spacial score (nSPS) is 24.1. The predicted molar refractivity (Wildman–Crippen MR) is 134 cm³/mol. The third-order valence-corrected chi connectivity index (χ3v) is 6.93. The summed E-state index contributed by atoms with van der Waals surface area (Å²) in [4.78, 5) is 21.7. The first kappa shape index (κ1) is 24.4. The minimum Gasteiger partial charge on any atom is -0.468 e. The molecule has 0 bridgehead atoms. The fourth-order valence-electron chi connectivity index (χ4n) is 5.21. The lowest BCUT2D eigenvalue weighted by atomic mass is 10.1. The first-order valence-corrected chi connectivity index (χ1v) is 11.8. The third kappa shape index (κ3) is 6.37. The van der Waals surface area contributed by atoms with Crippen LogP contribution in [0.2, 0.25) is 0 Å². The van der Waals surface area contributed by atoms with Crippen LogP contribution in [0.15, 0.2) is 27.8 Å². The Balaban J connectivity index is 0.00000272. The summed E-state index contributed by atoms with van der Waals surface area (Å²) >= 11 is 0. The Kier molecular flexibility index (Phi) is 9.49. The van der Waals surface area contributed by atoms with Crippen molar-refractivity contribution in [3.8, 4) is 0 Å². The quantitative estimate of drug-likeness (QED) is 0.327. The molecule has 3 fully saturated rings. The molecule has 1 aromatic heterocycles. The Morgan fingerprint density at radius 3 is 2.61 bits per heavy atom. The van der Waals surface area contributed by atoms with Crippen molar-refractivity contribution in [3.63, 3.8) is 0 Å². The van der Waals surface area contributed by atoms with Crippen LogP contribution in [0, 0.1) is 5.92 Å². The topological polar surface area (TPSA) is 73.1 Å². The Bertz CT molecular complexity index is 699. The molecule has 3 heterocycles. The highest BCUT2D eigenvalue weighted by molar-refractivity contribution is 14.0. The van der Waals surface area contributed by atoms with E-state index in [0.717, 1.165) is 63.7 Å². The van der Waals surface area contributed by atoms with Crippen LogP contribution in [0.25, 0.3) is 0 Å². The second-order valence-corrected chi connectivity index (χ2v) is 8.98. The highest BCUT2D eigenvalue weighted by atomic mass is 127. The zero-order chi connectivity index (χ0) is 20.8. The number of furan rings is 1. The van der Waals surface area contributed by atoms with Gasteiger partial charge in [-0.2, -0.15) is 0 Å². The molecule has 2 N–H and O–H groups in total. The van der Waals surface area contributed by atoms with Crippen LogP contribution in [-0.2, 0) is 4.79 Å². The van der Waals surface area contributed by atoms with E-state index in [1.54, 1.807) is 6.26 Å². The highest BCUT2D eigenvalue weighted by Crippen LogP contribution is 2.28. The van der Waals surface area contributed by atoms with Crippen LogP contribution < -0.4 is 10.6 Å². The van der Waals surface area contributed by atoms with Gasteiger partial charge in [0.15, 0.2) is 5.96 Å². The van der Waals surface area contributed by atoms with Crippen molar-refractivity contribution in [2.24, 2.45) is 10.9 Å². The summed E-state index contributed by atoms with van der Waals surface area (Å²) < 4.78 is 5.75. The minimum absolute atomic E-state index is 0. The van der Waals surface area contributed by atoms with Crippen LogP contribution in [0.1, 0.15) is 63.2 Å². The fraction of sp³-hybridized carbons (Fsp3) is 0.739. The van der Waals surface area contributed by atoms with E-state index in [2.05, 4.69) is 31.5 Å². The number of guanidine groups is 1. The number of hydrogen-bond donors (Lipinski definition) is 2. The average molecular weight is 543 g/mol. The average Bonchev–Trinajstić information content (AvgIpc) is 3.56. The van der Waals surface area contributed by atoms with Gasteiger partial charge in [-0.3, -0.25) is 14.7 Å². The molecule has 2 atom stereocenters.